The number of hydrogen-bond acceptors (Lipinski definition) is 3. The molecule has 0 aliphatic rings. The Morgan fingerprint density at radius 2 is 1.00 bits per heavy atom. The van der Waals surface area contributed by atoms with E-state index in [1.807, 2.05) is 0 Å². The van der Waals surface area contributed by atoms with Gasteiger partial charge in [0.25, 0.3) is 0 Å². The molecule has 0 saturated heterocycles. The summed E-state index contributed by atoms with van der Waals surface area (Å²) in [6.07, 6.45) is 43.9. The van der Waals surface area contributed by atoms with E-state index in [0.29, 0.717) is 6.42 Å². The van der Waals surface area contributed by atoms with Gasteiger partial charge in [0.05, 0.1) is 0 Å². The monoisotopic (exact) mass is 586 g/mol. The van der Waals surface area contributed by atoms with Crippen LogP contribution in [0.25, 0.3) is 0 Å². The third-order valence-corrected chi connectivity index (χ3v) is 7.84. The van der Waals surface area contributed by atoms with Crippen LogP contribution in [0.1, 0.15) is 162 Å². The van der Waals surface area contributed by atoms with Crippen molar-refractivity contribution in [1.29, 1.82) is 0 Å². The van der Waals surface area contributed by atoms with E-state index in [2.05, 4.69) is 88.4 Å². The molecule has 0 aromatic heterocycles. The van der Waals surface area contributed by atoms with Gasteiger partial charge in [-0.25, -0.2) is 0 Å². The Morgan fingerprint density at radius 3 is 1.50 bits per heavy atom. The molecule has 1 unspecified atom stereocenters. The lowest BCUT2D eigenvalue weighted by molar-refractivity contribution is -0.150. The molecule has 3 heteroatoms. The molecule has 0 fully saturated rings. The van der Waals surface area contributed by atoms with E-state index in [1.165, 1.54) is 83.5 Å². The molecule has 0 heterocycles. The van der Waals surface area contributed by atoms with Crippen molar-refractivity contribution >= 4 is 5.97 Å². The molecule has 1 atom stereocenters. The van der Waals surface area contributed by atoms with E-state index >= 15 is 0 Å². The fourth-order valence-corrected chi connectivity index (χ4v) is 5.17. The van der Waals surface area contributed by atoms with Crippen molar-refractivity contribution in [3.63, 3.8) is 0 Å². The maximum atomic E-state index is 12.5. The smallest absolute Gasteiger partial charge is 0.306 e. The van der Waals surface area contributed by atoms with Crippen LogP contribution in [-0.2, 0) is 9.53 Å². The first-order valence-electron chi connectivity index (χ1n) is 18.0. The Balaban J connectivity index is 4.55. The fraction of sp³-hybridized carbons (Fsp3) is 0.769. The third kappa shape index (κ3) is 29.9. The minimum absolute atomic E-state index is 0.00254. The number of allylic oxidation sites excluding steroid dienone is 8. The van der Waals surface area contributed by atoms with Crippen molar-refractivity contribution in [2.24, 2.45) is 5.92 Å². The normalized spacial score (nSPS) is 13.2. The summed E-state index contributed by atoms with van der Waals surface area (Å²) in [5.41, 5.74) is 0. The predicted octanol–water partition coefficient (Wildman–Crippen LogP) is 11.9. The standard InChI is InChI=1S/C39H71NO2/c1-6-9-12-15-16-21-26-33-38(42-39(41)35-28-29-36-40(4)5)34-27-22-17-20-25-32-37(30-23-18-13-10-7-2)31-24-19-14-11-8-3/h12-15,17-20,37-38H,6-11,16,21-36H2,1-5H3/b15-12?,18-13-,19-14-,20-17?. The Morgan fingerprint density at radius 1 is 0.548 bits per heavy atom. The van der Waals surface area contributed by atoms with Crippen LogP contribution in [0.15, 0.2) is 48.6 Å². The first-order valence-corrected chi connectivity index (χ1v) is 18.0. The zero-order valence-electron chi connectivity index (χ0n) is 28.8. The van der Waals surface area contributed by atoms with Gasteiger partial charge in [0.15, 0.2) is 0 Å². The highest BCUT2D eigenvalue weighted by Gasteiger charge is 2.14. The molecule has 0 bridgehead atoms. The van der Waals surface area contributed by atoms with Gasteiger partial charge in [-0.3, -0.25) is 4.79 Å². The summed E-state index contributed by atoms with van der Waals surface area (Å²) >= 11 is 0. The highest BCUT2D eigenvalue weighted by Crippen LogP contribution is 2.21. The Kier molecular flexibility index (Phi) is 31.1. The molecule has 0 spiro atoms. The number of esters is 1. The summed E-state index contributed by atoms with van der Waals surface area (Å²) in [5.74, 6) is 0.808. The first kappa shape index (κ1) is 40.4. The predicted molar refractivity (Wildman–Crippen MR) is 187 cm³/mol. The molecule has 0 rings (SSSR count). The molecule has 3 nitrogen and oxygen atoms in total. The SMILES string of the molecule is CCCC=CCCCCC(CCCC=CCCC(CC/C=C\CCC)CC/C=C\CCC)OC(=O)CCCCN(C)C. The number of rotatable bonds is 30. The minimum Gasteiger partial charge on any atom is -0.462 e. The quantitative estimate of drug-likeness (QED) is 0.0477. The van der Waals surface area contributed by atoms with Gasteiger partial charge in [-0.1, -0.05) is 88.6 Å². The van der Waals surface area contributed by atoms with Crippen molar-refractivity contribution in [3.05, 3.63) is 48.6 Å². The lowest BCUT2D eigenvalue weighted by Crippen LogP contribution is -2.19. The molecular formula is C39H71NO2. The van der Waals surface area contributed by atoms with Gasteiger partial charge >= 0.3 is 5.97 Å². The van der Waals surface area contributed by atoms with E-state index in [9.17, 15) is 4.79 Å². The number of unbranched alkanes of at least 4 members (excludes halogenated alkanes) is 7. The van der Waals surface area contributed by atoms with Crippen LogP contribution in [0.2, 0.25) is 0 Å². The van der Waals surface area contributed by atoms with Gasteiger partial charge in [0.2, 0.25) is 0 Å². The molecule has 0 saturated carbocycles. The molecule has 42 heavy (non-hydrogen) atoms. The summed E-state index contributed by atoms with van der Waals surface area (Å²) in [6, 6.07) is 0. The van der Waals surface area contributed by atoms with Crippen LogP contribution in [0.3, 0.4) is 0 Å². The molecule has 0 aromatic rings. The Bertz CT molecular complexity index is 670. The molecule has 0 aliphatic carbocycles. The molecular weight excluding hydrogens is 514 g/mol. The van der Waals surface area contributed by atoms with E-state index in [1.54, 1.807) is 0 Å². The number of ether oxygens (including phenoxy) is 1. The van der Waals surface area contributed by atoms with E-state index < -0.39 is 0 Å². The average molecular weight is 586 g/mol. The Hall–Kier alpha value is -1.61. The topological polar surface area (TPSA) is 29.5 Å². The summed E-state index contributed by atoms with van der Waals surface area (Å²) in [7, 11) is 4.16. The second-order valence-corrected chi connectivity index (χ2v) is 12.4. The Labute approximate surface area is 263 Å². The highest BCUT2D eigenvalue weighted by molar-refractivity contribution is 5.69. The van der Waals surface area contributed by atoms with Crippen molar-refractivity contribution in [3.8, 4) is 0 Å². The summed E-state index contributed by atoms with van der Waals surface area (Å²) in [5, 5.41) is 0. The van der Waals surface area contributed by atoms with Crippen LogP contribution in [0.4, 0.5) is 0 Å². The zero-order valence-corrected chi connectivity index (χ0v) is 28.8. The second kappa shape index (κ2) is 32.3. The van der Waals surface area contributed by atoms with Crippen LogP contribution < -0.4 is 0 Å². The lowest BCUT2D eigenvalue weighted by Gasteiger charge is -2.18. The van der Waals surface area contributed by atoms with Crippen LogP contribution in [-0.4, -0.2) is 37.6 Å². The van der Waals surface area contributed by atoms with Crippen LogP contribution >= 0.6 is 0 Å². The number of carbonyl (C=O) groups excluding carboxylic acids is 1. The van der Waals surface area contributed by atoms with Crippen molar-refractivity contribution in [2.75, 3.05) is 20.6 Å². The number of nitrogens with zero attached hydrogens (tertiary/aromatic N) is 1. The lowest BCUT2D eigenvalue weighted by atomic mass is 9.92. The fourth-order valence-electron chi connectivity index (χ4n) is 5.17. The maximum Gasteiger partial charge on any atom is 0.306 e. The van der Waals surface area contributed by atoms with Crippen molar-refractivity contribution < 1.29 is 9.53 Å². The van der Waals surface area contributed by atoms with Crippen molar-refractivity contribution in [1.82, 2.24) is 4.90 Å². The van der Waals surface area contributed by atoms with Crippen molar-refractivity contribution in [2.45, 2.75) is 168 Å². The molecule has 0 N–H and O–H groups in total. The minimum atomic E-state index is -0.00254. The first-order chi connectivity index (χ1) is 20.5. The average Bonchev–Trinajstić information content (AvgIpc) is 2.97. The van der Waals surface area contributed by atoms with Crippen LogP contribution in [0.5, 0.6) is 0 Å². The number of hydrogen-bond donors (Lipinski definition) is 0. The summed E-state index contributed by atoms with van der Waals surface area (Å²) < 4.78 is 5.98. The van der Waals surface area contributed by atoms with Crippen LogP contribution in [0, 0.1) is 5.92 Å². The van der Waals surface area contributed by atoms with Gasteiger partial charge in [0, 0.05) is 6.42 Å². The highest BCUT2D eigenvalue weighted by atomic mass is 16.5. The van der Waals surface area contributed by atoms with E-state index in [0.717, 1.165) is 63.8 Å². The van der Waals surface area contributed by atoms with E-state index in [4.69, 9.17) is 4.74 Å². The van der Waals surface area contributed by atoms with Gasteiger partial charge in [-0.15, -0.1) is 0 Å². The molecule has 244 valence electrons. The largest absolute Gasteiger partial charge is 0.462 e. The van der Waals surface area contributed by atoms with Gasteiger partial charge in [-0.2, -0.15) is 0 Å². The second-order valence-electron chi connectivity index (χ2n) is 12.4. The molecule has 0 aromatic carbocycles. The maximum absolute atomic E-state index is 12.5. The van der Waals surface area contributed by atoms with Gasteiger partial charge in [-0.05, 0) is 142 Å². The van der Waals surface area contributed by atoms with Gasteiger partial charge < -0.3 is 9.64 Å². The molecule has 0 amide bonds. The molecule has 0 radical (unpaired) electrons. The third-order valence-electron chi connectivity index (χ3n) is 7.84. The summed E-state index contributed by atoms with van der Waals surface area (Å²) in [6.45, 7) is 7.75. The number of carbonyl (C=O) groups is 1. The van der Waals surface area contributed by atoms with E-state index in [-0.39, 0.29) is 12.1 Å². The summed E-state index contributed by atoms with van der Waals surface area (Å²) in [4.78, 5) is 14.7. The zero-order chi connectivity index (χ0) is 30.9. The van der Waals surface area contributed by atoms with Gasteiger partial charge in [0.1, 0.15) is 6.10 Å². The molecule has 0 aliphatic heterocycles.